The highest BCUT2D eigenvalue weighted by Gasteiger charge is 2.26. The molecule has 0 radical (unpaired) electrons. The Morgan fingerprint density at radius 1 is 0.714 bits per heavy atom. The molecule has 0 amide bonds. The molecule has 184 valence electrons. The van der Waals surface area contributed by atoms with Gasteiger partial charge in [-0.3, -0.25) is 0 Å². The van der Waals surface area contributed by atoms with Crippen molar-refractivity contribution in [2.24, 2.45) is 5.92 Å². The van der Waals surface area contributed by atoms with Crippen LogP contribution in [0, 0.1) is 29.2 Å². The normalized spacial score (nSPS) is 18.3. The van der Waals surface area contributed by atoms with E-state index in [-0.39, 0.29) is 17.0 Å². The van der Waals surface area contributed by atoms with E-state index in [4.69, 9.17) is 0 Å². The molecule has 0 spiro atoms. The van der Waals surface area contributed by atoms with Crippen molar-refractivity contribution in [1.29, 1.82) is 0 Å². The minimum Gasteiger partial charge on any atom is -0.203 e. The fourth-order valence-corrected chi connectivity index (χ4v) is 5.24. The van der Waals surface area contributed by atoms with Gasteiger partial charge in [-0.2, -0.15) is 0 Å². The quantitative estimate of drug-likeness (QED) is 0.233. The second-order valence-electron chi connectivity index (χ2n) is 9.59. The summed E-state index contributed by atoms with van der Waals surface area (Å²) in [6, 6.07) is 13.5. The Labute approximate surface area is 205 Å². The molecule has 0 aliphatic heterocycles. The summed E-state index contributed by atoms with van der Waals surface area (Å²) in [5.74, 6) is -2.44. The van der Waals surface area contributed by atoms with Crippen LogP contribution in [-0.2, 0) is 6.42 Å². The van der Waals surface area contributed by atoms with Crippen molar-refractivity contribution in [3.63, 3.8) is 0 Å². The molecule has 0 atom stereocenters. The average molecular weight is 481 g/mol. The molecular weight excluding hydrogens is 448 g/mol. The first-order valence-corrected chi connectivity index (χ1v) is 12.7. The van der Waals surface area contributed by atoms with Crippen LogP contribution in [0.25, 0.3) is 23.3 Å². The molecule has 4 heteroatoms. The zero-order chi connectivity index (χ0) is 24.9. The molecule has 3 aromatic rings. The summed E-state index contributed by atoms with van der Waals surface area (Å²) in [5, 5.41) is 0. The first-order chi connectivity index (χ1) is 16.9. The monoisotopic (exact) mass is 480 g/mol. The number of hydrogen-bond donors (Lipinski definition) is 0. The Morgan fingerprint density at radius 2 is 1.43 bits per heavy atom. The van der Waals surface area contributed by atoms with Gasteiger partial charge in [-0.05, 0) is 66.2 Å². The molecule has 0 N–H and O–H groups in total. The Morgan fingerprint density at radius 3 is 2.09 bits per heavy atom. The molecule has 35 heavy (non-hydrogen) atoms. The third-order valence-electron chi connectivity index (χ3n) is 7.35. The maximum absolute atomic E-state index is 15.0. The molecule has 0 bridgehead atoms. The molecule has 1 aliphatic rings. The molecule has 0 saturated heterocycles. The van der Waals surface area contributed by atoms with Gasteiger partial charge in [-0.25, -0.2) is 17.6 Å². The number of aryl methyl sites for hydroxylation is 1. The van der Waals surface area contributed by atoms with Gasteiger partial charge in [-0.15, -0.1) is 0 Å². The fourth-order valence-electron chi connectivity index (χ4n) is 5.24. The smallest absolute Gasteiger partial charge is 0.166 e. The van der Waals surface area contributed by atoms with E-state index in [0.29, 0.717) is 29.0 Å². The van der Waals surface area contributed by atoms with Crippen molar-refractivity contribution in [2.75, 3.05) is 0 Å². The van der Waals surface area contributed by atoms with Crippen LogP contribution in [0.4, 0.5) is 17.6 Å². The van der Waals surface area contributed by atoms with Crippen LogP contribution >= 0.6 is 0 Å². The SMILES string of the molecule is CCCC1CCC(c2ccc(-c3ccc(/C=C/c4ccc(CC)c(F)c4F)cc3)c(F)c2F)CC1. The lowest BCUT2D eigenvalue weighted by Gasteiger charge is -2.29. The highest BCUT2D eigenvalue weighted by Crippen LogP contribution is 2.40. The third kappa shape index (κ3) is 5.52. The van der Waals surface area contributed by atoms with Gasteiger partial charge in [0.2, 0.25) is 0 Å². The van der Waals surface area contributed by atoms with Gasteiger partial charge >= 0.3 is 0 Å². The molecule has 0 aromatic heterocycles. The Bertz CT molecular complexity index is 1190. The van der Waals surface area contributed by atoms with E-state index in [2.05, 4.69) is 6.92 Å². The van der Waals surface area contributed by atoms with E-state index >= 15 is 8.78 Å². The summed E-state index contributed by atoms with van der Waals surface area (Å²) < 4.78 is 58.3. The molecule has 0 heterocycles. The van der Waals surface area contributed by atoms with Gasteiger partial charge < -0.3 is 0 Å². The Hall–Kier alpha value is -2.88. The van der Waals surface area contributed by atoms with Crippen LogP contribution in [0.5, 0.6) is 0 Å². The van der Waals surface area contributed by atoms with Crippen LogP contribution in [0.2, 0.25) is 0 Å². The van der Waals surface area contributed by atoms with E-state index in [9.17, 15) is 8.78 Å². The van der Waals surface area contributed by atoms with E-state index in [1.165, 1.54) is 18.9 Å². The Balaban J connectivity index is 1.49. The van der Waals surface area contributed by atoms with Gasteiger partial charge in [0, 0.05) is 11.1 Å². The second kappa shape index (κ2) is 11.2. The van der Waals surface area contributed by atoms with Gasteiger partial charge in [0.15, 0.2) is 23.3 Å². The number of halogens is 4. The molecule has 0 nitrogen and oxygen atoms in total. The van der Waals surface area contributed by atoms with Crippen molar-refractivity contribution in [1.82, 2.24) is 0 Å². The molecule has 3 aromatic carbocycles. The lowest BCUT2D eigenvalue weighted by molar-refractivity contribution is 0.303. The minimum atomic E-state index is -0.867. The van der Waals surface area contributed by atoms with Crippen molar-refractivity contribution >= 4 is 12.2 Å². The zero-order valence-corrected chi connectivity index (χ0v) is 20.4. The molecule has 0 unspecified atom stereocenters. The largest absolute Gasteiger partial charge is 0.203 e. The highest BCUT2D eigenvalue weighted by atomic mass is 19.2. The minimum absolute atomic E-state index is 0.0794. The van der Waals surface area contributed by atoms with E-state index in [1.54, 1.807) is 61.5 Å². The fraction of sp³-hybridized carbons (Fsp3) is 0.355. The first-order valence-electron chi connectivity index (χ1n) is 12.7. The van der Waals surface area contributed by atoms with Crippen molar-refractivity contribution in [2.45, 2.75) is 64.7 Å². The highest BCUT2D eigenvalue weighted by molar-refractivity contribution is 5.72. The maximum atomic E-state index is 15.0. The lowest BCUT2D eigenvalue weighted by Crippen LogP contribution is -2.14. The summed E-state index contributed by atoms with van der Waals surface area (Å²) in [4.78, 5) is 0. The van der Waals surface area contributed by atoms with E-state index in [1.807, 2.05) is 0 Å². The molecule has 4 rings (SSSR count). The van der Waals surface area contributed by atoms with Crippen LogP contribution < -0.4 is 0 Å². The third-order valence-corrected chi connectivity index (χ3v) is 7.35. The summed E-state index contributed by atoms with van der Waals surface area (Å²) in [6.07, 6.45) is 9.96. The lowest BCUT2D eigenvalue weighted by atomic mass is 9.77. The summed E-state index contributed by atoms with van der Waals surface area (Å²) >= 11 is 0. The standard InChI is InChI=1S/C31H32F4/c1-3-5-20-6-11-23(12-7-20)26-18-19-27(31(35)30(26)34)24-13-8-21(9-14-24)10-15-25-17-16-22(4-2)28(32)29(25)33/h8-10,13-20,23H,3-7,11-12H2,1-2H3/b15-10+. The van der Waals surface area contributed by atoms with Crippen molar-refractivity contribution in [3.8, 4) is 11.1 Å². The predicted octanol–water partition coefficient (Wildman–Crippen LogP) is 9.72. The van der Waals surface area contributed by atoms with Gasteiger partial charge in [0.25, 0.3) is 0 Å². The topological polar surface area (TPSA) is 0 Å². The van der Waals surface area contributed by atoms with E-state index < -0.39 is 23.3 Å². The van der Waals surface area contributed by atoms with Crippen LogP contribution in [-0.4, -0.2) is 0 Å². The molecule has 1 aliphatic carbocycles. The van der Waals surface area contributed by atoms with E-state index in [0.717, 1.165) is 31.2 Å². The molecule has 1 saturated carbocycles. The van der Waals surface area contributed by atoms with Crippen molar-refractivity contribution < 1.29 is 17.6 Å². The van der Waals surface area contributed by atoms with Crippen LogP contribution in [0.15, 0.2) is 48.5 Å². The Kier molecular flexibility index (Phi) is 8.10. The maximum Gasteiger partial charge on any atom is 0.166 e. The number of hydrogen-bond acceptors (Lipinski definition) is 0. The average Bonchev–Trinajstić information content (AvgIpc) is 2.88. The summed E-state index contributed by atoms with van der Waals surface area (Å²) in [5.41, 5.74) is 2.54. The second-order valence-corrected chi connectivity index (χ2v) is 9.59. The van der Waals surface area contributed by atoms with Crippen molar-refractivity contribution in [3.05, 3.63) is 94.1 Å². The van der Waals surface area contributed by atoms with Gasteiger partial charge in [0.1, 0.15) is 0 Å². The van der Waals surface area contributed by atoms with Gasteiger partial charge in [0.05, 0.1) is 0 Å². The first kappa shape index (κ1) is 25.2. The number of rotatable bonds is 7. The molecular formula is C31H32F4. The van der Waals surface area contributed by atoms with Crippen LogP contribution in [0.1, 0.15) is 80.5 Å². The molecule has 1 fully saturated rings. The summed E-state index contributed by atoms with van der Waals surface area (Å²) in [6.45, 7) is 3.96. The van der Waals surface area contributed by atoms with Gasteiger partial charge in [-0.1, -0.05) is 87.4 Å². The summed E-state index contributed by atoms with van der Waals surface area (Å²) in [7, 11) is 0. The zero-order valence-electron chi connectivity index (χ0n) is 20.4. The predicted molar refractivity (Wildman–Crippen MR) is 136 cm³/mol. The number of benzene rings is 3. The van der Waals surface area contributed by atoms with Crippen LogP contribution in [0.3, 0.4) is 0 Å².